The topological polar surface area (TPSA) is 69.0 Å². The van der Waals surface area contributed by atoms with Crippen LogP contribution in [0.3, 0.4) is 0 Å². The van der Waals surface area contributed by atoms with Crippen LogP contribution in [0, 0.1) is 6.92 Å². The number of benzene rings is 2. The van der Waals surface area contributed by atoms with E-state index in [2.05, 4.69) is 15.4 Å². The number of aromatic nitrogens is 3. The largest absolute Gasteiger partial charge is 0.489 e. The summed E-state index contributed by atoms with van der Waals surface area (Å²) in [4.78, 5) is 16.8. The van der Waals surface area contributed by atoms with Gasteiger partial charge in [0.2, 0.25) is 0 Å². The Bertz CT molecular complexity index is 1250. The highest BCUT2D eigenvalue weighted by Crippen LogP contribution is 2.34. The number of rotatable bonds is 6. The van der Waals surface area contributed by atoms with E-state index in [4.69, 9.17) is 4.74 Å². The van der Waals surface area contributed by atoms with E-state index in [1.54, 1.807) is 48.8 Å². The van der Waals surface area contributed by atoms with E-state index < -0.39 is 23.3 Å². The summed E-state index contributed by atoms with van der Waals surface area (Å²) in [6, 6.07) is 16.4. The molecule has 0 radical (unpaired) electrons. The Morgan fingerprint density at radius 3 is 2.55 bits per heavy atom. The molecule has 33 heavy (non-hydrogen) atoms. The molecule has 0 atom stereocenters. The molecule has 4 aromatic rings. The van der Waals surface area contributed by atoms with Crippen LogP contribution >= 0.6 is 0 Å². The van der Waals surface area contributed by atoms with Crippen LogP contribution in [0.15, 0.2) is 79.3 Å². The summed E-state index contributed by atoms with van der Waals surface area (Å²) in [5, 5.41) is 6.33. The van der Waals surface area contributed by atoms with Gasteiger partial charge in [0.05, 0.1) is 17.4 Å². The van der Waals surface area contributed by atoms with Crippen LogP contribution in [0.1, 0.15) is 27.2 Å². The zero-order chi connectivity index (χ0) is 23.4. The number of carbonyl (C=O) groups is 1. The molecular formula is C24H19F3N4O2. The lowest BCUT2D eigenvalue weighted by molar-refractivity contribution is -0.143. The smallest absolute Gasteiger partial charge is 0.434 e. The van der Waals surface area contributed by atoms with Gasteiger partial charge in [0.1, 0.15) is 12.4 Å². The van der Waals surface area contributed by atoms with E-state index in [9.17, 15) is 18.0 Å². The number of hydrogen-bond donors (Lipinski definition) is 1. The van der Waals surface area contributed by atoms with Crippen LogP contribution < -0.4 is 10.1 Å². The predicted octanol–water partition coefficient (Wildman–Crippen LogP) is 5.43. The molecule has 0 bridgehead atoms. The summed E-state index contributed by atoms with van der Waals surface area (Å²) >= 11 is 0. The third kappa shape index (κ3) is 5.20. The molecule has 0 fully saturated rings. The normalized spacial score (nSPS) is 11.3. The Labute approximate surface area is 187 Å². The van der Waals surface area contributed by atoms with Crippen molar-refractivity contribution in [3.8, 4) is 11.4 Å². The minimum absolute atomic E-state index is 0.206. The van der Waals surface area contributed by atoms with Gasteiger partial charge in [0.15, 0.2) is 5.69 Å². The molecule has 0 unspecified atom stereocenters. The third-order valence-corrected chi connectivity index (χ3v) is 4.78. The van der Waals surface area contributed by atoms with Crippen molar-refractivity contribution in [1.29, 1.82) is 0 Å². The molecule has 2 aromatic heterocycles. The first-order valence-electron chi connectivity index (χ1n) is 9.96. The van der Waals surface area contributed by atoms with Gasteiger partial charge in [-0.05, 0) is 37.3 Å². The summed E-state index contributed by atoms with van der Waals surface area (Å²) in [5.74, 6) is -0.479. The highest BCUT2D eigenvalue weighted by Gasteiger charge is 2.40. The van der Waals surface area contributed by atoms with Crippen LogP contribution in [0.4, 0.5) is 18.9 Å². The molecule has 0 saturated heterocycles. The van der Waals surface area contributed by atoms with E-state index in [1.165, 1.54) is 18.2 Å². The molecule has 2 heterocycles. The Balaban J connectivity index is 1.56. The van der Waals surface area contributed by atoms with Crippen molar-refractivity contribution in [2.45, 2.75) is 19.7 Å². The predicted molar refractivity (Wildman–Crippen MR) is 116 cm³/mol. The maximum Gasteiger partial charge on any atom is 0.434 e. The lowest BCUT2D eigenvalue weighted by Gasteiger charge is -2.13. The summed E-state index contributed by atoms with van der Waals surface area (Å²) in [6.45, 7) is 2.08. The van der Waals surface area contributed by atoms with Crippen LogP contribution in [0.5, 0.6) is 5.75 Å². The molecule has 0 aliphatic rings. The van der Waals surface area contributed by atoms with Crippen LogP contribution in [-0.2, 0) is 12.8 Å². The molecule has 6 nitrogen and oxygen atoms in total. The fraction of sp³-hybridized carbons (Fsp3) is 0.125. The maximum absolute atomic E-state index is 13.9. The van der Waals surface area contributed by atoms with Crippen molar-refractivity contribution < 1.29 is 22.7 Å². The van der Waals surface area contributed by atoms with E-state index in [-0.39, 0.29) is 12.3 Å². The van der Waals surface area contributed by atoms with Crippen LogP contribution in [0.2, 0.25) is 0 Å². The molecule has 1 N–H and O–H groups in total. The van der Waals surface area contributed by atoms with Gasteiger partial charge >= 0.3 is 6.18 Å². The summed E-state index contributed by atoms with van der Waals surface area (Å²) in [6.07, 6.45) is -0.560. The molecule has 0 aliphatic heterocycles. The molecule has 0 spiro atoms. The molecule has 2 aromatic carbocycles. The number of amides is 1. The van der Waals surface area contributed by atoms with Gasteiger partial charge < -0.3 is 10.1 Å². The molecule has 1 amide bonds. The minimum atomic E-state index is -4.79. The highest BCUT2D eigenvalue weighted by molar-refractivity contribution is 6.05. The van der Waals surface area contributed by atoms with E-state index in [1.807, 2.05) is 13.0 Å². The second kappa shape index (κ2) is 9.15. The van der Waals surface area contributed by atoms with Gasteiger partial charge in [-0.25, -0.2) is 4.68 Å². The standard InChI is InChI=1S/C24H19F3N4O2/c1-16-7-9-19(10-8-16)31-22(24(25,26)27)21(14-29-31)23(32)30-18-5-2-6-20(12-18)33-15-17-4-3-11-28-13-17/h2-14H,15H2,1H3,(H,30,32). The number of anilines is 1. The van der Waals surface area contributed by atoms with Crippen molar-refractivity contribution in [3.63, 3.8) is 0 Å². The van der Waals surface area contributed by atoms with Gasteiger partial charge in [-0.3, -0.25) is 9.78 Å². The number of halogens is 3. The highest BCUT2D eigenvalue weighted by atomic mass is 19.4. The van der Waals surface area contributed by atoms with Crippen molar-refractivity contribution >= 4 is 11.6 Å². The monoisotopic (exact) mass is 452 g/mol. The third-order valence-electron chi connectivity index (χ3n) is 4.78. The average molecular weight is 452 g/mol. The number of alkyl halides is 3. The van der Waals surface area contributed by atoms with E-state index in [0.717, 1.165) is 22.0 Å². The molecule has 4 rings (SSSR count). The second-order valence-electron chi connectivity index (χ2n) is 7.28. The van der Waals surface area contributed by atoms with Crippen molar-refractivity contribution in [2.75, 3.05) is 5.32 Å². The lowest BCUT2D eigenvalue weighted by Crippen LogP contribution is -2.20. The van der Waals surface area contributed by atoms with Crippen molar-refractivity contribution in [1.82, 2.24) is 14.8 Å². The lowest BCUT2D eigenvalue weighted by atomic mass is 10.2. The van der Waals surface area contributed by atoms with Crippen molar-refractivity contribution in [3.05, 3.63) is 102 Å². The quantitative estimate of drug-likeness (QED) is 0.424. The number of carbonyl (C=O) groups excluding carboxylic acids is 1. The number of ether oxygens (including phenoxy) is 1. The zero-order valence-corrected chi connectivity index (χ0v) is 17.5. The SMILES string of the molecule is Cc1ccc(-n2ncc(C(=O)Nc3cccc(OCc4cccnc4)c3)c2C(F)(F)F)cc1. The Morgan fingerprint density at radius 1 is 1.06 bits per heavy atom. The molecule has 0 saturated carbocycles. The molecule has 9 heteroatoms. The second-order valence-corrected chi connectivity index (χ2v) is 7.28. The first kappa shape index (κ1) is 22.1. The van der Waals surface area contributed by atoms with Crippen LogP contribution in [-0.4, -0.2) is 20.7 Å². The van der Waals surface area contributed by atoms with Gasteiger partial charge in [-0.1, -0.05) is 29.8 Å². The van der Waals surface area contributed by atoms with Gasteiger partial charge in [-0.15, -0.1) is 0 Å². The number of pyridine rings is 1. The van der Waals surface area contributed by atoms with E-state index in [0.29, 0.717) is 11.4 Å². The summed E-state index contributed by atoms with van der Waals surface area (Å²) in [7, 11) is 0. The fourth-order valence-electron chi connectivity index (χ4n) is 3.18. The minimum Gasteiger partial charge on any atom is -0.489 e. The van der Waals surface area contributed by atoms with Gasteiger partial charge in [0.25, 0.3) is 5.91 Å². The Morgan fingerprint density at radius 2 is 1.85 bits per heavy atom. The van der Waals surface area contributed by atoms with E-state index >= 15 is 0 Å². The van der Waals surface area contributed by atoms with Crippen molar-refractivity contribution in [2.24, 2.45) is 0 Å². The summed E-state index contributed by atoms with van der Waals surface area (Å²) < 4.78 is 48.0. The Kier molecular flexibility index (Phi) is 6.12. The molecule has 168 valence electrons. The number of nitrogens with one attached hydrogen (secondary N) is 1. The zero-order valence-electron chi connectivity index (χ0n) is 17.5. The fourth-order valence-corrected chi connectivity index (χ4v) is 3.18. The number of aryl methyl sites for hydroxylation is 1. The van der Waals surface area contributed by atoms with Gasteiger partial charge in [0, 0.05) is 29.7 Å². The summed E-state index contributed by atoms with van der Waals surface area (Å²) in [5.41, 5.74) is 0.517. The molecular weight excluding hydrogens is 433 g/mol. The number of nitrogens with zero attached hydrogens (tertiary/aromatic N) is 3. The average Bonchev–Trinajstić information content (AvgIpc) is 3.25. The Hall–Kier alpha value is -4.14. The molecule has 0 aliphatic carbocycles. The number of hydrogen-bond acceptors (Lipinski definition) is 4. The van der Waals surface area contributed by atoms with Crippen LogP contribution in [0.25, 0.3) is 5.69 Å². The first-order chi connectivity index (χ1) is 15.8. The maximum atomic E-state index is 13.9. The van der Waals surface area contributed by atoms with Gasteiger partial charge in [-0.2, -0.15) is 18.3 Å². The first-order valence-corrected chi connectivity index (χ1v) is 9.96.